The molecule has 0 bridgehead atoms. The second-order valence-electron chi connectivity index (χ2n) is 2.74. The smallest absolute Gasteiger partial charge is 0.212 e. The zero-order valence-electron chi connectivity index (χ0n) is 7.11. The molecule has 0 aromatic carbocycles. The molecule has 1 N–H and O–H groups in total. The van der Waals surface area contributed by atoms with Crippen LogP contribution < -0.4 is 5.32 Å². The second kappa shape index (κ2) is 3.80. The molecule has 1 aromatic heterocycles. The van der Waals surface area contributed by atoms with E-state index in [1.54, 1.807) is 12.4 Å². The maximum Gasteiger partial charge on any atom is 0.212 e. The van der Waals surface area contributed by atoms with Crippen LogP contribution in [0, 0.1) is 0 Å². The average Bonchev–Trinajstić information content (AvgIpc) is 2.06. The van der Waals surface area contributed by atoms with Gasteiger partial charge < -0.3 is 5.32 Å². The number of amides is 1. The van der Waals surface area contributed by atoms with E-state index in [9.17, 15) is 4.79 Å². The Kier molecular flexibility index (Phi) is 2.74. The van der Waals surface area contributed by atoms with E-state index in [1.165, 1.54) is 0 Å². The van der Waals surface area contributed by atoms with Gasteiger partial charge in [-0.15, -0.1) is 0 Å². The lowest BCUT2D eigenvalue weighted by atomic mass is 10.1. The zero-order valence-corrected chi connectivity index (χ0v) is 7.11. The first-order valence-electron chi connectivity index (χ1n) is 3.76. The van der Waals surface area contributed by atoms with Crippen LogP contribution in [-0.4, -0.2) is 16.4 Å². The van der Waals surface area contributed by atoms with E-state index in [1.807, 2.05) is 13.8 Å². The van der Waals surface area contributed by atoms with Gasteiger partial charge in [-0.2, -0.15) is 0 Å². The number of rotatable bonds is 3. The standard InChI is InChI=1S/C8H11N3O/c1-6(2)7-3-10-8(4-9-7)11-5-12/h3-6H,1-2H3,(H,10,11,12). The molecule has 0 saturated carbocycles. The molecule has 1 aromatic rings. The van der Waals surface area contributed by atoms with Crippen molar-refractivity contribution in [1.29, 1.82) is 0 Å². The van der Waals surface area contributed by atoms with Crippen LogP contribution in [0.15, 0.2) is 12.4 Å². The lowest BCUT2D eigenvalue weighted by Crippen LogP contribution is -2.00. The highest BCUT2D eigenvalue weighted by molar-refractivity contribution is 5.67. The fourth-order valence-corrected chi connectivity index (χ4v) is 0.771. The molecule has 0 saturated heterocycles. The second-order valence-corrected chi connectivity index (χ2v) is 2.74. The highest BCUT2D eigenvalue weighted by atomic mass is 16.1. The van der Waals surface area contributed by atoms with Crippen molar-refractivity contribution in [3.63, 3.8) is 0 Å². The Balaban J connectivity index is 2.78. The van der Waals surface area contributed by atoms with Gasteiger partial charge in [-0.1, -0.05) is 13.8 Å². The molecule has 0 fully saturated rings. The molecule has 1 rings (SSSR count). The average molecular weight is 165 g/mol. The summed E-state index contributed by atoms with van der Waals surface area (Å²) in [6, 6.07) is 0. The lowest BCUT2D eigenvalue weighted by Gasteiger charge is -2.03. The van der Waals surface area contributed by atoms with Crippen molar-refractivity contribution in [2.45, 2.75) is 19.8 Å². The monoisotopic (exact) mass is 165 g/mol. The molecular weight excluding hydrogens is 154 g/mol. The number of nitrogens with one attached hydrogen (secondary N) is 1. The molecule has 0 aliphatic heterocycles. The molecule has 0 atom stereocenters. The number of nitrogens with zero attached hydrogens (tertiary/aromatic N) is 2. The Bertz CT molecular complexity index is 256. The molecule has 1 heterocycles. The van der Waals surface area contributed by atoms with Gasteiger partial charge in [0.25, 0.3) is 0 Å². The third kappa shape index (κ3) is 2.02. The van der Waals surface area contributed by atoms with Crippen molar-refractivity contribution in [2.24, 2.45) is 0 Å². The zero-order chi connectivity index (χ0) is 8.97. The Labute approximate surface area is 71.0 Å². The van der Waals surface area contributed by atoms with Crippen LogP contribution in [0.4, 0.5) is 5.82 Å². The largest absolute Gasteiger partial charge is 0.312 e. The van der Waals surface area contributed by atoms with Crippen molar-refractivity contribution in [3.8, 4) is 0 Å². The van der Waals surface area contributed by atoms with E-state index < -0.39 is 0 Å². The quantitative estimate of drug-likeness (QED) is 0.684. The van der Waals surface area contributed by atoms with Crippen LogP contribution in [0.3, 0.4) is 0 Å². The molecule has 0 radical (unpaired) electrons. The third-order valence-corrected chi connectivity index (χ3v) is 1.47. The molecule has 0 aliphatic carbocycles. The fourth-order valence-electron chi connectivity index (χ4n) is 0.771. The van der Waals surface area contributed by atoms with Crippen LogP contribution >= 0.6 is 0 Å². The van der Waals surface area contributed by atoms with Gasteiger partial charge in [0.05, 0.1) is 18.1 Å². The lowest BCUT2D eigenvalue weighted by molar-refractivity contribution is -0.105. The summed E-state index contributed by atoms with van der Waals surface area (Å²) >= 11 is 0. The summed E-state index contributed by atoms with van der Waals surface area (Å²) < 4.78 is 0. The number of carbonyl (C=O) groups excluding carboxylic acids is 1. The minimum atomic E-state index is 0.364. The number of carbonyl (C=O) groups is 1. The van der Waals surface area contributed by atoms with Gasteiger partial charge in [-0.05, 0) is 5.92 Å². The van der Waals surface area contributed by atoms with Crippen molar-refractivity contribution >= 4 is 12.2 Å². The maximum absolute atomic E-state index is 10.0. The van der Waals surface area contributed by atoms with Gasteiger partial charge in [-0.25, -0.2) is 4.98 Å². The van der Waals surface area contributed by atoms with E-state index in [0.29, 0.717) is 18.1 Å². The fraction of sp³-hybridized carbons (Fsp3) is 0.375. The molecule has 1 amide bonds. The van der Waals surface area contributed by atoms with Crippen LogP contribution in [0.2, 0.25) is 0 Å². The summed E-state index contributed by atoms with van der Waals surface area (Å²) in [4.78, 5) is 18.1. The van der Waals surface area contributed by atoms with Crippen LogP contribution in [0.25, 0.3) is 0 Å². The molecule has 4 heteroatoms. The van der Waals surface area contributed by atoms with E-state index in [0.717, 1.165) is 5.69 Å². The normalized spacial score (nSPS) is 9.92. The first-order valence-corrected chi connectivity index (χ1v) is 3.76. The summed E-state index contributed by atoms with van der Waals surface area (Å²) in [5.74, 6) is 0.845. The molecule has 0 spiro atoms. The van der Waals surface area contributed by atoms with Gasteiger partial charge in [0.15, 0.2) is 5.82 Å². The first kappa shape index (κ1) is 8.64. The van der Waals surface area contributed by atoms with Gasteiger partial charge in [0, 0.05) is 0 Å². The van der Waals surface area contributed by atoms with E-state index >= 15 is 0 Å². The summed E-state index contributed by atoms with van der Waals surface area (Å²) in [7, 11) is 0. The molecule has 4 nitrogen and oxygen atoms in total. The third-order valence-electron chi connectivity index (χ3n) is 1.47. The van der Waals surface area contributed by atoms with Gasteiger partial charge >= 0.3 is 0 Å². The van der Waals surface area contributed by atoms with Gasteiger partial charge in [-0.3, -0.25) is 9.78 Å². The minimum absolute atomic E-state index is 0.364. The van der Waals surface area contributed by atoms with E-state index in [2.05, 4.69) is 15.3 Å². The van der Waals surface area contributed by atoms with Gasteiger partial charge in [0.2, 0.25) is 6.41 Å². The molecular formula is C8H11N3O. The number of hydrogen-bond donors (Lipinski definition) is 1. The SMILES string of the molecule is CC(C)c1cnc(NC=O)cn1. The van der Waals surface area contributed by atoms with Crippen LogP contribution in [0.1, 0.15) is 25.5 Å². The highest BCUT2D eigenvalue weighted by Crippen LogP contribution is 2.10. The molecule has 12 heavy (non-hydrogen) atoms. The van der Waals surface area contributed by atoms with Crippen molar-refractivity contribution in [1.82, 2.24) is 9.97 Å². The Morgan fingerprint density at radius 2 is 2.17 bits per heavy atom. The molecule has 0 unspecified atom stereocenters. The van der Waals surface area contributed by atoms with Crippen LogP contribution in [0.5, 0.6) is 0 Å². The van der Waals surface area contributed by atoms with Crippen LogP contribution in [-0.2, 0) is 4.79 Å². The summed E-state index contributed by atoms with van der Waals surface area (Å²) in [5, 5.41) is 2.42. The number of anilines is 1. The number of aromatic nitrogens is 2. The predicted octanol–water partition coefficient (Wildman–Crippen LogP) is 1.17. The van der Waals surface area contributed by atoms with Gasteiger partial charge in [0.1, 0.15) is 0 Å². The summed E-state index contributed by atoms with van der Waals surface area (Å²) in [6.45, 7) is 4.08. The minimum Gasteiger partial charge on any atom is -0.312 e. The topological polar surface area (TPSA) is 54.9 Å². The Morgan fingerprint density at radius 3 is 2.58 bits per heavy atom. The van der Waals surface area contributed by atoms with E-state index in [4.69, 9.17) is 0 Å². The summed E-state index contributed by atoms with van der Waals surface area (Å²) in [6.07, 6.45) is 3.79. The highest BCUT2D eigenvalue weighted by Gasteiger charge is 2.00. The van der Waals surface area contributed by atoms with Crippen molar-refractivity contribution < 1.29 is 4.79 Å². The maximum atomic E-state index is 10.0. The molecule has 0 aliphatic rings. The number of hydrogen-bond acceptors (Lipinski definition) is 3. The predicted molar refractivity (Wildman–Crippen MR) is 45.8 cm³/mol. The summed E-state index contributed by atoms with van der Waals surface area (Å²) in [5.41, 5.74) is 0.923. The Morgan fingerprint density at radius 1 is 1.42 bits per heavy atom. The van der Waals surface area contributed by atoms with E-state index in [-0.39, 0.29) is 0 Å². The first-order chi connectivity index (χ1) is 5.74. The Hall–Kier alpha value is -1.45. The molecule has 64 valence electrons. The van der Waals surface area contributed by atoms with Crippen molar-refractivity contribution in [3.05, 3.63) is 18.1 Å². The van der Waals surface area contributed by atoms with Crippen molar-refractivity contribution in [2.75, 3.05) is 5.32 Å².